The molecule has 2 atom stereocenters. The molecule has 0 radical (unpaired) electrons. The van der Waals surface area contributed by atoms with Gasteiger partial charge in [0.2, 0.25) is 0 Å². The Balaban J connectivity index is 1.50. The average molecular weight is 549 g/mol. The second-order valence-corrected chi connectivity index (χ2v) is 11.5. The zero-order valence-corrected chi connectivity index (χ0v) is 24.1. The van der Waals surface area contributed by atoms with Crippen LogP contribution in [0.25, 0.3) is 0 Å². The van der Waals surface area contributed by atoms with E-state index in [4.69, 9.17) is 9.47 Å². The predicted octanol–water partition coefficient (Wildman–Crippen LogP) is 4.72. The minimum Gasteiger partial charge on any atom is -0.497 e. The fraction of sp³-hybridized carbons (Fsp3) is 0.516. The normalized spacial score (nSPS) is 21.0. The molecule has 214 valence electrons. The Kier molecular flexibility index (Phi) is 7.88. The Morgan fingerprint density at radius 1 is 1.07 bits per heavy atom. The smallest absolute Gasteiger partial charge is 0.325 e. The number of allylic oxidation sites excluding steroid dienone is 1. The highest BCUT2D eigenvalue weighted by Gasteiger charge is 2.55. The van der Waals surface area contributed by atoms with Gasteiger partial charge in [0, 0.05) is 42.9 Å². The van der Waals surface area contributed by atoms with Gasteiger partial charge in [0.1, 0.15) is 17.5 Å². The molecule has 9 nitrogen and oxygen atoms in total. The molecule has 2 aromatic carbocycles. The van der Waals surface area contributed by atoms with E-state index in [1.165, 1.54) is 16.7 Å². The number of hydrogen-bond acceptors (Lipinski definition) is 7. The molecular formula is C31H40N4O5. The zero-order chi connectivity index (χ0) is 28.6. The lowest BCUT2D eigenvalue weighted by molar-refractivity contribution is 0.0776. The third kappa shape index (κ3) is 4.97. The van der Waals surface area contributed by atoms with E-state index in [1.807, 2.05) is 21.9 Å². The molecule has 3 aliphatic heterocycles. The monoisotopic (exact) mass is 548 g/mol. The Bertz CT molecular complexity index is 1300. The van der Waals surface area contributed by atoms with E-state index in [9.17, 15) is 14.8 Å². The first-order valence-corrected chi connectivity index (χ1v) is 14.0. The van der Waals surface area contributed by atoms with Gasteiger partial charge in [0.25, 0.3) is 0 Å². The molecule has 0 aliphatic carbocycles. The molecule has 2 saturated heterocycles. The largest absolute Gasteiger partial charge is 0.497 e. The highest BCUT2D eigenvalue weighted by atomic mass is 16.5. The lowest BCUT2D eigenvalue weighted by Gasteiger charge is -2.45. The van der Waals surface area contributed by atoms with Crippen LogP contribution in [-0.2, 0) is 13.1 Å². The molecule has 0 saturated carbocycles. The van der Waals surface area contributed by atoms with Gasteiger partial charge in [-0.05, 0) is 43.9 Å². The van der Waals surface area contributed by atoms with Crippen molar-refractivity contribution in [3.05, 3.63) is 74.8 Å². The van der Waals surface area contributed by atoms with Gasteiger partial charge >= 0.3 is 6.03 Å². The number of amides is 2. The van der Waals surface area contributed by atoms with Crippen molar-refractivity contribution in [2.24, 2.45) is 5.18 Å². The van der Waals surface area contributed by atoms with Crippen molar-refractivity contribution in [1.29, 1.82) is 0 Å². The van der Waals surface area contributed by atoms with Gasteiger partial charge in [-0.15, -0.1) is 0 Å². The highest BCUT2D eigenvalue weighted by Crippen LogP contribution is 2.49. The maximum absolute atomic E-state index is 14.1. The second-order valence-electron chi connectivity index (χ2n) is 11.5. The number of carbonyl (C=O) groups is 1. The summed E-state index contributed by atoms with van der Waals surface area (Å²) in [6.45, 7) is 8.91. The number of aryl methyl sites for hydroxylation is 2. The molecule has 2 fully saturated rings. The fourth-order valence-corrected chi connectivity index (χ4v) is 6.91. The second kappa shape index (κ2) is 11.2. The first-order valence-electron chi connectivity index (χ1n) is 14.0. The van der Waals surface area contributed by atoms with E-state index in [1.54, 1.807) is 14.2 Å². The number of urea groups is 1. The molecule has 1 unspecified atom stereocenters. The molecule has 3 aliphatic rings. The maximum Gasteiger partial charge on any atom is 0.325 e. The summed E-state index contributed by atoms with van der Waals surface area (Å²) in [4.78, 5) is 31.7. The van der Waals surface area contributed by atoms with Crippen molar-refractivity contribution in [3.8, 4) is 11.5 Å². The van der Waals surface area contributed by atoms with Crippen LogP contribution in [0, 0.1) is 18.8 Å². The number of nitroso groups, excluding NO2 is 1. The number of methoxy groups -OCH3 is 2. The third-order valence-corrected chi connectivity index (χ3v) is 8.72. The summed E-state index contributed by atoms with van der Waals surface area (Å²) >= 11 is 0. The van der Waals surface area contributed by atoms with Gasteiger partial charge in [0.05, 0.1) is 39.5 Å². The molecule has 2 amide bonds. The third-order valence-electron chi connectivity index (χ3n) is 8.72. The van der Waals surface area contributed by atoms with E-state index in [-0.39, 0.29) is 18.5 Å². The van der Waals surface area contributed by atoms with Gasteiger partial charge in [-0.25, -0.2) is 4.79 Å². The van der Waals surface area contributed by atoms with E-state index in [2.05, 4.69) is 55.1 Å². The molecular weight excluding hydrogens is 508 g/mol. The number of aliphatic hydroxyl groups is 1. The number of benzene rings is 2. The summed E-state index contributed by atoms with van der Waals surface area (Å²) in [7, 11) is 3.28. The molecule has 2 aromatic rings. The number of hydrogen-bond donors (Lipinski definition) is 1. The van der Waals surface area contributed by atoms with Crippen molar-refractivity contribution >= 4 is 6.03 Å². The van der Waals surface area contributed by atoms with Gasteiger partial charge in [0.15, 0.2) is 0 Å². The first kappa shape index (κ1) is 28.1. The average Bonchev–Trinajstić information content (AvgIpc) is 3.03. The molecule has 3 heterocycles. The van der Waals surface area contributed by atoms with E-state index in [0.29, 0.717) is 12.3 Å². The summed E-state index contributed by atoms with van der Waals surface area (Å²) in [6, 6.07) is 9.50. The standard InChI is InChI=1S/C31H40N4O5/c1-20-10-21(2)12-23(11-20)16-33-8-6-31(7-9-33)28-13-22(3)29-24(14-26(39-4)15-27(29)40-5)17-34(28)30(37)35(31)18-25(19-36)32-38/h10-15,22,25,36H,6-9,16-19H2,1-5H3/t22-,25?/m0/s1. The molecule has 1 spiro atoms. The SMILES string of the molecule is COc1cc2c(c(OC)c1)[C@@H](C)C=C1N(C2)C(=O)N(CC(CO)N=O)C12CCN(Cc1cc(C)cc(C)c1)CC2. The van der Waals surface area contributed by atoms with Crippen LogP contribution in [0.3, 0.4) is 0 Å². The number of aliphatic hydroxyl groups excluding tert-OH is 1. The molecule has 5 rings (SSSR count). The molecule has 1 N–H and O–H groups in total. The van der Waals surface area contributed by atoms with Crippen LogP contribution in [-0.4, -0.2) is 77.9 Å². The van der Waals surface area contributed by atoms with Crippen LogP contribution in [0.4, 0.5) is 4.79 Å². The van der Waals surface area contributed by atoms with Crippen LogP contribution >= 0.6 is 0 Å². The Morgan fingerprint density at radius 2 is 1.77 bits per heavy atom. The minimum absolute atomic E-state index is 0.00776. The van der Waals surface area contributed by atoms with E-state index in [0.717, 1.165) is 55.0 Å². The Morgan fingerprint density at radius 3 is 2.38 bits per heavy atom. The van der Waals surface area contributed by atoms with Gasteiger partial charge in [-0.2, -0.15) is 4.91 Å². The van der Waals surface area contributed by atoms with Gasteiger partial charge in [-0.3, -0.25) is 9.80 Å². The van der Waals surface area contributed by atoms with E-state index >= 15 is 0 Å². The Labute approximate surface area is 236 Å². The number of rotatable bonds is 8. The summed E-state index contributed by atoms with van der Waals surface area (Å²) < 4.78 is 11.3. The van der Waals surface area contributed by atoms with Crippen LogP contribution in [0.1, 0.15) is 53.5 Å². The van der Waals surface area contributed by atoms with E-state index < -0.39 is 18.2 Å². The van der Waals surface area contributed by atoms with Gasteiger partial charge < -0.3 is 19.5 Å². The molecule has 40 heavy (non-hydrogen) atoms. The van der Waals surface area contributed by atoms with Crippen LogP contribution in [0.5, 0.6) is 11.5 Å². The Hall–Kier alpha value is -3.43. The quantitative estimate of drug-likeness (QED) is 0.480. The fourth-order valence-electron chi connectivity index (χ4n) is 6.91. The number of fused-ring (bicyclic) bond motifs is 3. The summed E-state index contributed by atoms with van der Waals surface area (Å²) in [5, 5.41) is 12.9. The van der Waals surface area contributed by atoms with Crippen molar-refractivity contribution in [2.45, 2.75) is 64.2 Å². The molecule has 0 bridgehead atoms. The summed E-state index contributed by atoms with van der Waals surface area (Å²) in [6.07, 6.45) is 3.65. The molecule has 0 aromatic heterocycles. The number of nitrogens with zero attached hydrogens (tertiary/aromatic N) is 4. The van der Waals surface area contributed by atoms with Gasteiger partial charge in [-0.1, -0.05) is 47.5 Å². The van der Waals surface area contributed by atoms with Crippen LogP contribution in [0.15, 0.2) is 47.3 Å². The lowest BCUT2D eigenvalue weighted by atomic mass is 9.81. The lowest BCUT2D eigenvalue weighted by Crippen LogP contribution is -2.55. The predicted molar refractivity (Wildman–Crippen MR) is 154 cm³/mol. The topological polar surface area (TPSA) is 94.9 Å². The van der Waals surface area contributed by atoms with Crippen molar-refractivity contribution < 1.29 is 19.4 Å². The van der Waals surface area contributed by atoms with Crippen molar-refractivity contribution in [1.82, 2.24) is 14.7 Å². The zero-order valence-electron chi connectivity index (χ0n) is 24.1. The van der Waals surface area contributed by atoms with Crippen LogP contribution in [0.2, 0.25) is 0 Å². The van der Waals surface area contributed by atoms with Crippen molar-refractivity contribution in [3.63, 3.8) is 0 Å². The van der Waals surface area contributed by atoms with Crippen LogP contribution < -0.4 is 9.47 Å². The first-order chi connectivity index (χ1) is 19.2. The maximum atomic E-state index is 14.1. The number of likely N-dealkylation sites (tertiary alicyclic amines) is 1. The minimum atomic E-state index is -0.872. The molecule has 9 heteroatoms. The summed E-state index contributed by atoms with van der Waals surface area (Å²) in [5.74, 6) is 1.41. The van der Waals surface area contributed by atoms with Crippen molar-refractivity contribution in [2.75, 3.05) is 40.5 Å². The number of piperidine rings is 1. The highest BCUT2D eigenvalue weighted by molar-refractivity contribution is 5.83. The number of carbonyl (C=O) groups excluding carboxylic acids is 1. The summed E-state index contributed by atoms with van der Waals surface area (Å²) in [5.41, 5.74) is 6.21. The number of ether oxygens (including phenoxy) is 2.